The lowest BCUT2D eigenvalue weighted by Crippen LogP contribution is -1.82. The number of oxime groups is 1. The molecule has 0 aromatic carbocycles. The molecule has 0 unspecified atom stereocenters. The van der Waals surface area contributed by atoms with Gasteiger partial charge in [0.25, 0.3) is 0 Å². The quantitative estimate of drug-likeness (QED) is 0.241. The predicted octanol–water partition coefficient (Wildman–Crippen LogP) is 2.37. The molecule has 0 saturated heterocycles. The van der Waals surface area contributed by atoms with Crippen LogP contribution in [-0.4, -0.2) is 12.8 Å². The minimum absolute atomic E-state index is 0.503. The first-order valence-electron chi connectivity index (χ1n) is 3.66. The molecule has 0 atom stereocenters. The van der Waals surface area contributed by atoms with Gasteiger partial charge in [-0.05, 0) is 12.8 Å². The van der Waals surface area contributed by atoms with Crippen LogP contribution in [0.25, 0.3) is 0 Å². The molecule has 0 aliphatic carbocycles. The second kappa shape index (κ2) is 8.21. The number of rotatable bonds is 6. The first-order valence-corrected chi connectivity index (χ1v) is 3.66. The van der Waals surface area contributed by atoms with E-state index in [-0.39, 0.29) is 0 Å². The van der Waals surface area contributed by atoms with Crippen LogP contribution < -0.4 is 0 Å². The van der Waals surface area contributed by atoms with Crippen LogP contribution in [0.15, 0.2) is 17.8 Å². The van der Waals surface area contributed by atoms with Gasteiger partial charge in [0.05, 0.1) is 0 Å². The van der Waals surface area contributed by atoms with Gasteiger partial charge in [-0.2, -0.15) is 0 Å². The Kier molecular flexibility index (Phi) is 7.56. The zero-order chi connectivity index (χ0) is 7.66. The van der Waals surface area contributed by atoms with E-state index in [9.17, 15) is 0 Å². The van der Waals surface area contributed by atoms with Crippen LogP contribution in [0.4, 0.5) is 0 Å². The van der Waals surface area contributed by atoms with E-state index in [1.54, 1.807) is 12.3 Å². The molecular formula is C8H15NO. The molecule has 0 aliphatic rings. The Morgan fingerprint density at radius 1 is 1.60 bits per heavy atom. The van der Waals surface area contributed by atoms with Gasteiger partial charge in [0.15, 0.2) is 0 Å². The zero-order valence-electron chi connectivity index (χ0n) is 6.55. The number of hydrogen-bond donors (Lipinski definition) is 0. The summed E-state index contributed by atoms with van der Waals surface area (Å²) in [5.74, 6) is 0. The van der Waals surface area contributed by atoms with Gasteiger partial charge in [0.2, 0.25) is 0 Å². The summed E-state index contributed by atoms with van der Waals surface area (Å²) in [7, 11) is 0. The molecule has 0 radical (unpaired) electrons. The molecule has 58 valence electrons. The van der Waals surface area contributed by atoms with Crippen molar-refractivity contribution in [1.29, 1.82) is 0 Å². The fraction of sp³-hybridized carbons (Fsp3) is 0.625. The van der Waals surface area contributed by atoms with Crippen molar-refractivity contribution in [1.82, 2.24) is 0 Å². The van der Waals surface area contributed by atoms with Crippen LogP contribution in [0, 0.1) is 0 Å². The van der Waals surface area contributed by atoms with Gasteiger partial charge in [-0.3, -0.25) is 0 Å². The van der Waals surface area contributed by atoms with Crippen molar-refractivity contribution in [3.05, 3.63) is 12.7 Å². The van der Waals surface area contributed by atoms with Crippen molar-refractivity contribution in [3.8, 4) is 0 Å². The van der Waals surface area contributed by atoms with E-state index >= 15 is 0 Å². The number of unbranched alkanes of at least 4 members (excludes halogenated alkanes) is 2. The highest BCUT2D eigenvalue weighted by Crippen LogP contribution is 1.89. The second-order valence-corrected chi connectivity index (χ2v) is 2.01. The van der Waals surface area contributed by atoms with E-state index in [1.807, 2.05) is 0 Å². The Hall–Kier alpha value is -0.790. The molecule has 10 heavy (non-hydrogen) atoms. The monoisotopic (exact) mass is 141 g/mol. The molecule has 0 saturated carbocycles. The Morgan fingerprint density at radius 3 is 3.00 bits per heavy atom. The molecule has 0 heterocycles. The Labute approximate surface area is 62.6 Å². The molecule has 0 fully saturated rings. The largest absolute Gasteiger partial charge is 0.392 e. The second-order valence-electron chi connectivity index (χ2n) is 2.01. The molecule has 2 heteroatoms. The van der Waals surface area contributed by atoms with Crippen molar-refractivity contribution in [2.75, 3.05) is 6.61 Å². The normalized spacial score (nSPS) is 10.1. The minimum atomic E-state index is 0.503. The van der Waals surface area contributed by atoms with Gasteiger partial charge in [-0.25, -0.2) is 0 Å². The van der Waals surface area contributed by atoms with Crippen molar-refractivity contribution in [2.45, 2.75) is 26.2 Å². The maximum absolute atomic E-state index is 4.78. The Balaban J connectivity index is 2.96. The molecule has 0 aromatic rings. The van der Waals surface area contributed by atoms with Crippen molar-refractivity contribution >= 4 is 6.21 Å². The fourth-order valence-corrected chi connectivity index (χ4v) is 0.497. The zero-order valence-corrected chi connectivity index (χ0v) is 6.55. The lowest BCUT2D eigenvalue weighted by molar-refractivity contribution is 0.176. The van der Waals surface area contributed by atoms with E-state index in [4.69, 9.17) is 4.84 Å². The van der Waals surface area contributed by atoms with E-state index < -0.39 is 0 Å². The minimum Gasteiger partial charge on any atom is -0.392 e. The fourth-order valence-electron chi connectivity index (χ4n) is 0.497. The third kappa shape index (κ3) is 7.21. The molecule has 0 aromatic heterocycles. The van der Waals surface area contributed by atoms with E-state index in [0.29, 0.717) is 6.61 Å². The van der Waals surface area contributed by atoms with Gasteiger partial charge >= 0.3 is 0 Å². The Morgan fingerprint density at radius 2 is 2.40 bits per heavy atom. The summed E-state index contributed by atoms with van der Waals surface area (Å²) in [5, 5.41) is 3.70. The van der Waals surface area contributed by atoms with Crippen molar-refractivity contribution in [2.24, 2.45) is 5.16 Å². The average molecular weight is 141 g/mol. The molecule has 0 N–H and O–H groups in total. The highest BCUT2D eigenvalue weighted by Gasteiger charge is 1.77. The van der Waals surface area contributed by atoms with Crippen LogP contribution in [0.3, 0.4) is 0 Å². The summed E-state index contributed by atoms with van der Waals surface area (Å²) in [5.41, 5.74) is 0. The van der Waals surface area contributed by atoms with E-state index in [2.05, 4.69) is 18.7 Å². The molecule has 2 nitrogen and oxygen atoms in total. The highest BCUT2D eigenvalue weighted by molar-refractivity contribution is 5.56. The third-order valence-corrected chi connectivity index (χ3v) is 1.03. The summed E-state index contributed by atoms with van der Waals surface area (Å²) >= 11 is 0. The van der Waals surface area contributed by atoms with Crippen molar-refractivity contribution in [3.63, 3.8) is 0 Å². The van der Waals surface area contributed by atoms with Gasteiger partial charge in [-0.1, -0.05) is 31.2 Å². The maximum atomic E-state index is 4.78. The molecule has 0 bridgehead atoms. The summed E-state index contributed by atoms with van der Waals surface area (Å²) in [4.78, 5) is 4.78. The van der Waals surface area contributed by atoms with E-state index in [1.165, 1.54) is 12.8 Å². The van der Waals surface area contributed by atoms with Crippen LogP contribution in [0.1, 0.15) is 26.2 Å². The lowest BCUT2D eigenvalue weighted by atomic mass is 10.3. The maximum Gasteiger partial charge on any atom is 0.135 e. The first-order chi connectivity index (χ1) is 4.91. The number of nitrogens with zero attached hydrogens (tertiary/aromatic N) is 1. The molecule has 0 spiro atoms. The summed E-state index contributed by atoms with van der Waals surface area (Å²) < 4.78 is 0. The van der Waals surface area contributed by atoms with Crippen LogP contribution >= 0.6 is 0 Å². The van der Waals surface area contributed by atoms with Crippen molar-refractivity contribution < 1.29 is 4.84 Å². The van der Waals surface area contributed by atoms with Gasteiger partial charge < -0.3 is 4.84 Å². The molecule has 0 rings (SSSR count). The Bertz CT molecular complexity index is 99.4. The number of hydrogen-bond acceptors (Lipinski definition) is 2. The van der Waals surface area contributed by atoms with Crippen LogP contribution in [-0.2, 0) is 4.84 Å². The van der Waals surface area contributed by atoms with E-state index in [0.717, 1.165) is 6.42 Å². The summed E-state index contributed by atoms with van der Waals surface area (Å²) in [6, 6.07) is 0. The smallest absolute Gasteiger partial charge is 0.135 e. The molecule has 0 aliphatic heterocycles. The SMILES string of the molecule is C=CCON=CCCCC. The highest BCUT2D eigenvalue weighted by atomic mass is 16.6. The molecular weight excluding hydrogens is 126 g/mol. The lowest BCUT2D eigenvalue weighted by Gasteiger charge is -1.90. The standard InChI is InChI=1S/C8H15NO/c1-3-5-6-7-9-10-8-4-2/h4,7H,2-3,5-6,8H2,1H3. The van der Waals surface area contributed by atoms with Gasteiger partial charge in [0, 0.05) is 6.21 Å². The van der Waals surface area contributed by atoms with Gasteiger partial charge in [-0.15, -0.1) is 0 Å². The topological polar surface area (TPSA) is 21.6 Å². The van der Waals surface area contributed by atoms with Crippen LogP contribution in [0.5, 0.6) is 0 Å². The third-order valence-electron chi connectivity index (χ3n) is 1.03. The summed E-state index contributed by atoms with van der Waals surface area (Å²) in [6.45, 7) is 6.15. The van der Waals surface area contributed by atoms with Gasteiger partial charge in [0.1, 0.15) is 6.61 Å². The first kappa shape index (κ1) is 9.21. The van der Waals surface area contributed by atoms with Crippen LogP contribution in [0.2, 0.25) is 0 Å². The molecule has 0 amide bonds. The predicted molar refractivity (Wildman–Crippen MR) is 44.2 cm³/mol. The summed E-state index contributed by atoms with van der Waals surface area (Å²) in [6.07, 6.45) is 6.87. The average Bonchev–Trinajstić information content (AvgIpc) is 1.97.